The Morgan fingerprint density at radius 2 is 1.36 bits per heavy atom. The van der Waals surface area contributed by atoms with Gasteiger partial charge in [-0.05, 0) is 24.0 Å². The molecule has 2 unspecified atom stereocenters. The van der Waals surface area contributed by atoms with Gasteiger partial charge in [-0.1, -0.05) is 60.7 Å². The van der Waals surface area contributed by atoms with Crippen molar-refractivity contribution < 1.29 is 0 Å². The summed E-state index contributed by atoms with van der Waals surface area (Å²) in [6.07, 6.45) is 2.29. The summed E-state index contributed by atoms with van der Waals surface area (Å²) in [6.45, 7) is 2.10. The molecule has 3 rings (SSSR count). The lowest BCUT2D eigenvalue weighted by Gasteiger charge is -2.34. The molecule has 4 heteroatoms. The number of piperazine rings is 1. The number of halogens is 2. The number of nitrogens with one attached hydrogen (secondary N) is 2. The van der Waals surface area contributed by atoms with E-state index in [9.17, 15) is 0 Å². The van der Waals surface area contributed by atoms with Gasteiger partial charge in [-0.2, -0.15) is 0 Å². The molecule has 0 bridgehead atoms. The maximum absolute atomic E-state index is 3.68. The van der Waals surface area contributed by atoms with Gasteiger partial charge in [-0.3, -0.25) is 0 Å². The van der Waals surface area contributed by atoms with Crippen LogP contribution in [-0.2, 0) is 6.42 Å². The predicted octanol–water partition coefficient (Wildman–Crippen LogP) is 3.77. The van der Waals surface area contributed by atoms with E-state index < -0.39 is 0 Å². The molecular formula is C18H24Cl2N2. The van der Waals surface area contributed by atoms with Crippen molar-refractivity contribution in [2.75, 3.05) is 13.1 Å². The summed E-state index contributed by atoms with van der Waals surface area (Å²) in [7, 11) is 0. The smallest absolute Gasteiger partial charge is 0.0476 e. The molecule has 1 saturated heterocycles. The molecule has 2 atom stereocenters. The molecular weight excluding hydrogens is 315 g/mol. The number of aryl methyl sites for hydroxylation is 1. The molecule has 2 N–H and O–H groups in total. The summed E-state index contributed by atoms with van der Waals surface area (Å²) in [5.74, 6) is 0. The second-order valence-electron chi connectivity index (χ2n) is 5.43. The molecule has 0 spiro atoms. The van der Waals surface area contributed by atoms with E-state index in [1.54, 1.807) is 0 Å². The van der Waals surface area contributed by atoms with Crippen molar-refractivity contribution in [3.05, 3.63) is 71.8 Å². The van der Waals surface area contributed by atoms with Gasteiger partial charge in [-0.25, -0.2) is 0 Å². The highest BCUT2D eigenvalue weighted by molar-refractivity contribution is 5.85. The third-order valence-electron chi connectivity index (χ3n) is 4.04. The first kappa shape index (κ1) is 19.0. The SMILES string of the molecule is Cl.Cl.c1ccc(CCC2NCCNC2c2ccccc2)cc1. The van der Waals surface area contributed by atoms with Crippen molar-refractivity contribution in [3.8, 4) is 0 Å². The minimum absolute atomic E-state index is 0. The molecule has 22 heavy (non-hydrogen) atoms. The topological polar surface area (TPSA) is 24.1 Å². The highest BCUT2D eigenvalue weighted by Crippen LogP contribution is 2.22. The van der Waals surface area contributed by atoms with Gasteiger partial charge in [0, 0.05) is 25.2 Å². The second kappa shape index (κ2) is 9.86. The normalized spacial score (nSPS) is 20.5. The molecule has 1 aliphatic heterocycles. The largest absolute Gasteiger partial charge is 0.311 e. The van der Waals surface area contributed by atoms with Crippen LogP contribution in [-0.4, -0.2) is 19.1 Å². The summed E-state index contributed by atoms with van der Waals surface area (Å²) < 4.78 is 0. The molecule has 2 aromatic rings. The fourth-order valence-corrected chi connectivity index (χ4v) is 2.99. The maximum Gasteiger partial charge on any atom is 0.0476 e. The van der Waals surface area contributed by atoms with Crippen LogP contribution in [0.25, 0.3) is 0 Å². The van der Waals surface area contributed by atoms with Crippen molar-refractivity contribution in [2.24, 2.45) is 0 Å². The summed E-state index contributed by atoms with van der Waals surface area (Å²) in [6, 6.07) is 22.5. The lowest BCUT2D eigenvalue weighted by molar-refractivity contribution is 0.312. The molecule has 2 nitrogen and oxygen atoms in total. The predicted molar refractivity (Wildman–Crippen MR) is 98.2 cm³/mol. The van der Waals surface area contributed by atoms with Crippen molar-refractivity contribution >= 4 is 24.8 Å². The van der Waals surface area contributed by atoms with Gasteiger partial charge in [0.1, 0.15) is 0 Å². The number of rotatable bonds is 4. The first-order valence-corrected chi connectivity index (χ1v) is 7.49. The van der Waals surface area contributed by atoms with Gasteiger partial charge in [0.25, 0.3) is 0 Å². The standard InChI is InChI=1S/C18H22N2.2ClH/c1-3-7-15(8-4-1)11-12-17-18(20-14-13-19-17)16-9-5-2-6-10-16;;/h1-10,17-20H,11-14H2;2*1H. The van der Waals surface area contributed by atoms with Crippen LogP contribution in [0.3, 0.4) is 0 Å². The van der Waals surface area contributed by atoms with E-state index in [0.29, 0.717) is 12.1 Å². The Labute approximate surface area is 145 Å². The van der Waals surface area contributed by atoms with Gasteiger partial charge < -0.3 is 10.6 Å². The molecule has 0 radical (unpaired) electrons. The van der Waals surface area contributed by atoms with E-state index in [1.165, 1.54) is 11.1 Å². The first-order chi connectivity index (χ1) is 9.93. The monoisotopic (exact) mass is 338 g/mol. The van der Waals surface area contributed by atoms with Crippen LogP contribution in [0.4, 0.5) is 0 Å². The van der Waals surface area contributed by atoms with E-state index in [1.807, 2.05) is 0 Å². The quantitative estimate of drug-likeness (QED) is 0.886. The lowest BCUT2D eigenvalue weighted by Crippen LogP contribution is -2.50. The third kappa shape index (κ3) is 4.99. The Morgan fingerprint density at radius 1 is 0.773 bits per heavy atom. The number of benzene rings is 2. The Kier molecular flexibility index (Phi) is 8.51. The van der Waals surface area contributed by atoms with E-state index >= 15 is 0 Å². The Morgan fingerprint density at radius 3 is 2.05 bits per heavy atom. The van der Waals surface area contributed by atoms with Crippen LogP contribution in [0, 0.1) is 0 Å². The van der Waals surface area contributed by atoms with Gasteiger partial charge in [0.15, 0.2) is 0 Å². The molecule has 0 aliphatic carbocycles. The summed E-state index contributed by atoms with van der Waals surface area (Å²) in [5.41, 5.74) is 2.81. The molecule has 0 aromatic heterocycles. The zero-order valence-corrected chi connectivity index (χ0v) is 14.2. The fraction of sp³-hybridized carbons (Fsp3) is 0.333. The van der Waals surface area contributed by atoms with Crippen molar-refractivity contribution in [3.63, 3.8) is 0 Å². The fourth-order valence-electron chi connectivity index (χ4n) is 2.99. The van der Waals surface area contributed by atoms with Crippen LogP contribution in [0.2, 0.25) is 0 Å². The number of hydrogen-bond donors (Lipinski definition) is 2. The zero-order valence-electron chi connectivity index (χ0n) is 12.6. The number of hydrogen-bond acceptors (Lipinski definition) is 2. The molecule has 1 aliphatic rings. The maximum atomic E-state index is 3.68. The van der Waals surface area contributed by atoms with E-state index in [-0.39, 0.29) is 24.8 Å². The van der Waals surface area contributed by atoms with E-state index in [0.717, 1.165) is 25.9 Å². The summed E-state index contributed by atoms with van der Waals surface area (Å²) in [4.78, 5) is 0. The van der Waals surface area contributed by atoms with Crippen LogP contribution >= 0.6 is 24.8 Å². The highest BCUT2D eigenvalue weighted by atomic mass is 35.5. The highest BCUT2D eigenvalue weighted by Gasteiger charge is 2.25. The first-order valence-electron chi connectivity index (χ1n) is 7.49. The summed E-state index contributed by atoms with van der Waals surface area (Å²) >= 11 is 0. The van der Waals surface area contributed by atoms with Crippen LogP contribution < -0.4 is 10.6 Å². The van der Waals surface area contributed by atoms with Crippen LogP contribution in [0.1, 0.15) is 23.6 Å². The van der Waals surface area contributed by atoms with Crippen LogP contribution in [0.15, 0.2) is 60.7 Å². The molecule has 2 aromatic carbocycles. The van der Waals surface area contributed by atoms with Crippen molar-refractivity contribution in [1.82, 2.24) is 10.6 Å². The van der Waals surface area contributed by atoms with Crippen molar-refractivity contribution in [1.29, 1.82) is 0 Å². The lowest BCUT2D eigenvalue weighted by atomic mass is 9.92. The van der Waals surface area contributed by atoms with Gasteiger partial charge >= 0.3 is 0 Å². The van der Waals surface area contributed by atoms with Gasteiger partial charge in [-0.15, -0.1) is 24.8 Å². The third-order valence-corrected chi connectivity index (χ3v) is 4.04. The molecule has 0 saturated carbocycles. The Hall–Kier alpha value is -1.06. The summed E-state index contributed by atoms with van der Waals surface area (Å²) in [5, 5.41) is 7.33. The zero-order chi connectivity index (χ0) is 13.6. The average Bonchev–Trinajstić information content (AvgIpc) is 2.55. The Balaban J connectivity index is 0.00000121. The van der Waals surface area contributed by atoms with E-state index in [2.05, 4.69) is 71.3 Å². The van der Waals surface area contributed by atoms with Gasteiger partial charge in [0.2, 0.25) is 0 Å². The molecule has 1 heterocycles. The molecule has 120 valence electrons. The van der Waals surface area contributed by atoms with Crippen molar-refractivity contribution in [2.45, 2.75) is 24.9 Å². The van der Waals surface area contributed by atoms with E-state index in [4.69, 9.17) is 0 Å². The average molecular weight is 339 g/mol. The van der Waals surface area contributed by atoms with Crippen LogP contribution in [0.5, 0.6) is 0 Å². The molecule has 1 fully saturated rings. The molecule has 0 amide bonds. The Bertz CT molecular complexity index is 519. The minimum Gasteiger partial charge on any atom is -0.311 e. The minimum atomic E-state index is 0. The second-order valence-corrected chi connectivity index (χ2v) is 5.43. The van der Waals surface area contributed by atoms with Gasteiger partial charge in [0.05, 0.1) is 0 Å².